The van der Waals surface area contributed by atoms with Gasteiger partial charge >= 0.3 is 0 Å². The van der Waals surface area contributed by atoms with Gasteiger partial charge in [0.15, 0.2) is 9.84 Å². The molecule has 2 aliphatic rings. The van der Waals surface area contributed by atoms with Gasteiger partial charge in [0.05, 0.1) is 41.4 Å². The molecule has 1 saturated heterocycles. The van der Waals surface area contributed by atoms with Crippen molar-refractivity contribution >= 4 is 27.1 Å². The van der Waals surface area contributed by atoms with E-state index in [1.54, 1.807) is 6.07 Å². The highest BCUT2D eigenvalue weighted by Crippen LogP contribution is 2.38. The first-order chi connectivity index (χ1) is 9.39. The van der Waals surface area contributed by atoms with Gasteiger partial charge in [0.1, 0.15) is 0 Å². The maximum atomic E-state index is 12.3. The van der Waals surface area contributed by atoms with Crippen LogP contribution in [0.4, 0.5) is 11.4 Å². The normalized spacial score (nSPS) is 25.7. The number of carbonyl (C=O) groups excluding carboxylic acids is 1. The summed E-state index contributed by atoms with van der Waals surface area (Å²) < 4.78 is 29.1. The lowest BCUT2D eigenvalue weighted by Gasteiger charge is -2.27. The summed E-state index contributed by atoms with van der Waals surface area (Å²) in [6, 6.07) is 4.95. The van der Waals surface area contributed by atoms with Gasteiger partial charge in [0.2, 0.25) is 5.91 Å². The largest absolute Gasteiger partial charge is 0.378 e. The Morgan fingerprint density at radius 1 is 1.35 bits per heavy atom. The Morgan fingerprint density at radius 2 is 2.10 bits per heavy atom. The van der Waals surface area contributed by atoms with E-state index < -0.39 is 9.84 Å². The Labute approximate surface area is 117 Å². The third-order valence-corrected chi connectivity index (χ3v) is 5.06. The van der Waals surface area contributed by atoms with Crippen LogP contribution in [-0.2, 0) is 19.4 Å². The predicted octanol–water partition coefficient (Wildman–Crippen LogP) is 0.493. The van der Waals surface area contributed by atoms with Crippen LogP contribution in [-0.4, -0.2) is 46.9 Å². The number of amides is 1. The average molecular weight is 296 g/mol. The van der Waals surface area contributed by atoms with E-state index >= 15 is 0 Å². The monoisotopic (exact) mass is 296 g/mol. The number of hydrogen-bond acceptors (Lipinski definition) is 5. The number of sulfone groups is 1. The molecule has 20 heavy (non-hydrogen) atoms. The van der Waals surface area contributed by atoms with Gasteiger partial charge in [-0.05, 0) is 12.1 Å². The third-order valence-electron chi connectivity index (χ3n) is 3.92. The number of rotatable bonds is 1. The number of fused-ring (bicyclic) bond motifs is 2. The molecular weight excluding hydrogens is 280 g/mol. The average Bonchev–Trinajstić information content (AvgIpc) is 2.82. The fourth-order valence-corrected chi connectivity index (χ4v) is 3.67. The van der Waals surface area contributed by atoms with Crippen LogP contribution in [0.25, 0.3) is 0 Å². The summed E-state index contributed by atoms with van der Waals surface area (Å²) >= 11 is 0. The van der Waals surface area contributed by atoms with E-state index in [0.717, 1.165) is 6.26 Å². The highest BCUT2D eigenvalue weighted by Gasteiger charge is 2.41. The molecule has 0 spiro atoms. The van der Waals surface area contributed by atoms with Crippen molar-refractivity contribution in [2.24, 2.45) is 5.92 Å². The molecule has 108 valence electrons. The van der Waals surface area contributed by atoms with Gasteiger partial charge in [0, 0.05) is 13.3 Å². The molecule has 6 nitrogen and oxygen atoms in total. The van der Waals surface area contributed by atoms with Crippen molar-refractivity contribution < 1.29 is 17.9 Å². The summed E-state index contributed by atoms with van der Waals surface area (Å²) in [4.78, 5) is 14.3. The van der Waals surface area contributed by atoms with E-state index in [-0.39, 0.29) is 22.8 Å². The summed E-state index contributed by atoms with van der Waals surface area (Å²) in [6.45, 7) is 0.833. The van der Waals surface area contributed by atoms with Gasteiger partial charge in [-0.1, -0.05) is 6.07 Å². The molecule has 2 atom stereocenters. The van der Waals surface area contributed by atoms with Crippen LogP contribution in [0.1, 0.15) is 0 Å². The molecule has 0 aromatic heterocycles. The Hall–Kier alpha value is -1.60. The minimum absolute atomic E-state index is 0.0638. The number of para-hydroxylation sites is 1. The lowest BCUT2D eigenvalue weighted by molar-refractivity contribution is -0.120. The van der Waals surface area contributed by atoms with Crippen LogP contribution in [0.15, 0.2) is 23.1 Å². The van der Waals surface area contributed by atoms with Crippen molar-refractivity contribution in [3.05, 3.63) is 18.2 Å². The molecule has 1 fully saturated rings. The molecule has 0 radical (unpaired) electrons. The van der Waals surface area contributed by atoms with Crippen molar-refractivity contribution in [2.75, 3.05) is 36.7 Å². The van der Waals surface area contributed by atoms with Crippen molar-refractivity contribution in [1.82, 2.24) is 0 Å². The molecule has 7 heteroatoms. The van der Waals surface area contributed by atoms with E-state index in [1.807, 2.05) is 18.0 Å². The number of hydrogen-bond donors (Lipinski definition) is 1. The highest BCUT2D eigenvalue weighted by atomic mass is 32.2. The molecule has 2 heterocycles. The first kappa shape index (κ1) is 13.4. The third kappa shape index (κ3) is 1.97. The number of nitrogens with one attached hydrogen (secondary N) is 1. The van der Waals surface area contributed by atoms with Crippen LogP contribution >= 0.6 is 0 Å². The lowest BCUT2D eigenvalue weighted by Crippen LogP contribution is -2.40. The van der Waals surface area contributed by atoms with E-state index in [1.165, 1.54) is 6.07 Å². The number of benzene rings is 1. The highest BCUT2D eigenvalue weighted by molar-refractivity contribution is 7.90. The SMILES string of the molecule is CN1c2cccc(S(C)(=O)=O)c2NC(=O)C2COCC21. The first-order valence-electron chi connectivity index (χ1n) is 6.34. The number of anilines is 2. The van der Waals surface area contributed by atoms with E-state index in [0.29, 0.717) is 24.6 Å². The molecule has 2 aliphatic heterocycles. The maximum absolute atomic E-state index is 12.3. The second-order valence-corrected chi connectivity index (χ2v) is 7.22. The summed E-state index contributed by atoms with van der Waals surface area (Å²) in [5.74, 6) is -0.464. The Balaban J connectivity index is 2.19. The number of ether oxygens (including phenoxy) is 1. The molecule has 1 amide bonds. The van der Waals surface area contributed by atoms with Gasteiger partial charge in [-0.3, -0.25) is 4.79 Å². The van der Waals surface area contributed by atoms with Crippen molar-refractivity contribution in [3.8, 4) is 0 Å². The predicted molar refractivity (Wildman–Crippen MR) is 74.7 cm³/mol. The Kier molecular flexibility index (Phi) is 2.98. The molecule has 3 rings (SSSR count). The van der Waals surface area contributed by atoms with Gasteiger partial charge in [-0.15, -0.1) is 0 Å². The fraction of sp³-hybridized carbons (Fsp3) is 0.462. The minimum Gasteiger partial charge on any atom is -0.378 e. The standard InChI is InChI=1S/C13H16N2O4S/c1-15-9-4-3-5-11(20(2,17)18)12(9)14-13(16)8-6-19-7-10(8)15/h3-5,8,10H,6-7H2,1-2H3,(H,14,16). The van der Waals surface area contributed by atoms with Crippen molar-refractivity contribution in [1.29, 1.82) is 0 Å². The van der Waals surface area contributed by atoms with Crippen LogP contribution in [0.5, 0.6) is 0 Å². The maximum Gasteiger partial charge on any atom is 0.232 e. The smallest absolute Gasteiger partial charge is 0.232 e. The Bertz CT molecular complexity index is 671. The second-order valence-electron chi connectivity index (χ2n) is 5.23. The van der Waals surface area contributed by atoms with E-state index in [4.69, 9.17) is 4.74 Å². The number of nitrogens with zero attached hydrogens (tertiary/aromatic N) is 1. The van der Waals surface area contributed by atoms with Crippen molar-refractivity contribution in [3.63, 3.8) is 0 Å². The topological polar surface area (TPSA) is 75.7 Å². The second kappa shape index (κ2) is 4.46. The fourth-order valence-electron chi connectivity index (χ4n) is 2.82. The number of likely N-dealkylation sites (N-methyl/N-ethyl adjacent to an activating group) is 1. The van der Waals surface area contributed by atoms with Crippen molar-refractivity contribution in [2.45, 2.75) is 10.9 Å². The van der Waals surface area contributed by atoms with E-state index in [2.05, 4.69) is 5.32 Å². The molecule has 0 saturated carbocycles. The zero-order valence-electron chi connectivity index (χ0n) is 11.3. The summed E-state index contributed by atoms with van der Waals surface area (Å²) in [6.07, 6.45) is 1.14. The van der Waals surface area contributed by atoms with Gasteiger partial charge in [-0.2, -0.15) is 0 Å². The molecular formula is C13H16N2O4S. The summed E-state index contributed by atoms with van der Waals surface area (Å²) in [5, 5.41) is 2.76. The first-order valence-corrected chi connectivity index (χ1v) is 8.23. The zero-order valence-corrected chi connectivity index (χ0v) is 12.1. The lowest BCUT2D eigenvalue weighted by atomic mass is 10.0. The molecule has 1 aromatic carbocycles. The molecule has 2 unspecified atom stereocenters. The molecule has 0 bridgehead atoms. The van der Waals surface area contributed by atoms with E-state index in [9.17, 15) is 13.2 Å². The Morgan fingerprint density at radius 3 is 2.80 bits per heavy atom. The molecule has 1 N–H and O–H groups in total. The molecule has 1 aromatic rings. The van der Waals surface area contributed by atoms with Crippen LogP contribution in [0.3, 0.4) is 0 Å². The minimum atomic E-state index is -3.40. The molecule has 0 aliphatic carbocycles. The van der Waals surface area contributed by atoms with Crippen LogP contribution in [0, 0.1) is 5.92 Å². The van der Waals surface area contributed by atoms with Gasteiger partial charge in [0.25, 0.3) is 0 Å². The summed E-state index contributed by atoms with van der Waals surface area (Å²) in [5.41, 5.74) is 1.08. The van der Waals surface area contributed by atoms with Crippen LogP contribution in [0.2, 0.25) is 0 Å². The number of carbonyl (C=O) groups is 1. The summed E-state index contributed by atoms with van der Waals surface area (Å²) in [7, 11) is -1.54. The van der Waals surface area contributed by atoms with Crippen LogP contribution < -0.4 is 10.2 Å². The van der Waals surface area contributed by atoms with Gasteiger partial charge in [-0.25, -0.2) is 8.42 Å². The zero-order chi connectivity index (χ0) is 14.5. The quantitative estimate of drug-likeness (QED) is 0.816. The van der Waals surface area contributed by atoms with Gasteiger partial charge < -0.3 is 15.0 Å².